The Kier molecular flexibility index (Phi) is 5.99. The van der Waals surface area contributed by atoms with Crippen LogP contribution in [0.25, 0.3) is 0 Å². The molecule has 0 aromatic carbocycles. The van der Waals surface area contributed by atoms with Crippen LogP contribution in [0.2, 0.25) is 0 Å². The van der Waals surface area contributed by atoms with E-state index in [0.717, 1.165) is 31.4 Å². The van der Waals surface area contributed by atoms with Gasteiger partial charge in [0.1, 0.15) is 6.04 Å². The Morgan fingerprint density at radius 3 is 2.44 bits per heavy atom. The zero-order valence-corrected chi connectivity index (χ0v) is 12.2. The predicted octanol–water partition coefficient (Wildman–Crippen LogP) is 2.37. The number of rotatable bonds is 8. The molecular formula is C13H23NO3S. The van der Waals surface area contributed by atoms with Crippen molar-refractivity contribution in [2.45, 2.75) is 63.8 Å². The maximum atomic E-state index is 12.3. The third-order valence-corrected chi connectivity index (χ3v) is 4.41. The monoisotopic (exact) mass is 273 g/mol. The van der Waals surface area contributed by atoms with Crippen LogP contribution in [0.1, 0.15) is 46.5 Å². The third kappa shape index (κ3) is 4.19. The first-order chi connectivity index (χ1) is 8.49. The van der Waals surface area contributed by atoms with Crippen LogP contribution in [0.3, 0.4) is 0 Å². The van der Waals surface area contributed by atoms with Gasteiger partial charge < -0.3 is 10.0 Å². The minimum Gasteiger partial charge on any atom is -0.480 e. The van der Waals surface area contributed by atoms with E-state index in [1.807, 2.05) is 6.92 Å². The minimum absolute atomic E-state index is 0.0199. The summed E-state index contributed by atoms with van der Waals surface area (Å²) < 4.78 is 0. The van der Waals surface area contributed by atoms with Gasteiger partial charge >= 0.3 is 5.97 Å². The van der Waals surface area contributed by atoms with Crippen LogP contribution in [-0.2, 0) is 9.59 Å². The second-order valence-corrected chi connectivity index (χ2v) is 6.31. The largest absolute Gasteiger partial charge is 0.480 e. The first-order valence-corrected chi connectivity index (χ1v) is 7.70. The number of hydrogen-bond acceptors (Lipinski definition) is 3. The molecule has 0 aromatic heterocycles. The van der Waals surface area contributed by atoms with Crippen LogP contribution < -0.4 is 0 Å². The van der Waals surface area contributed by atoms with E-state index in [1.165, 1.54) is 0 Å². The van der Waals surface area contributed by atoms with Crippen LogP contribution in [-0.4, -0.2) is 45.0 Å². The summed E-state index contributed by atoms with van der Waals surface area (Å²) in [6.07, 6.45) is 4.09. The number of unbranched alkanes of at least 4 members (excludes halogenated alkanes) is 1. The van der Waals surface area contributed by atoms with E-state index >= 15 is 0 Å². The van der Waals surface area contributed by atoms with Crippen LogP contribution in [0.4, 0.5) is 0 Å². The van der Waals surface area contributed by atoms with Crippen LogP contribution in [0.15, 0.2) is 0 Å². The van der Waals surface area contributed by atoms with Gasteiger partial charge in [-0.2, -0.15) is 0 Å². The van der Waals surface area contributed by atoms with E-state index in [4.69, 9.17) is 5.11 Å². The molecule has 1 rings (SSSR count). The van der Waals surface area contributed by atoms with Crippen LogP contribution in [0.5, 0.6) is 0 Å². The zero-order chi connectivity index (χ0) is 13.7. The second kappa shape index (κ2) is 7.02. The molecule has 104 valence electrons. The molecule has 0 heterocycles. The lowest BCUT2D eigenvalue weighted by molar-refractivity contribution is -0.149. The smallest absolute Gasteiger partial charge is 0.326 e. The molecule has 1 aliphatic rings. The molecule has 0 bridgehead atoms. The zero-order valence-electron chi connectivity index (χ0n) is 11.4. The lowest BCUT2D eigenvalue weighted by Gasteiger charge is -2.29. The summed E-state index contributed by atoms with van der Waals surface area (Å²) in [5.41, 5.74) is 0. The van der Waals surface area contributed by atoms with Gasteiger partial charge in [0, 0.05) is 6.04 Å². The fourth-order valence-corrected chi connectivity index (χ4v) is 2.92. The van der Waals surface area contributed by atoms with Crippen molar-refractivity contribution in [3.05, 3.63) is 0 Å². The summed E-state index contributed by atoms with van der Waals surface area (Å²) in [6.45, 7) is 5.60. The first-order valence-electron chi connectivity index (χ1n) is 6.65. The fourth-order valence-electron chi connectivity index (χ4n) is 1.84. The number of hydrogen-bond donors (Lipinski definition) is 1. The van der Waals surface area contributed by atoms with Gasteiger partial charge in [-0.15, -0.1) is 11.8 Å². The summed E-state index contributed by atoms with van der Waals surface area (Å²) in [6, 6.07) is -0.558. The number of thioether (sulfide) groups is 1. The Labute approximate surface area is 113 Å². The number of carbonyl (C=O) groups is 2. The van der Waals surface area contributed by atoms with Crippen molar-refractivity contribution < 1.29 is 14.7 Å². The highest BCUT2D eigenvalue weighted by Crippen LogP contribution is 2.31. The number of aliphatic carboxylic acids is 1. The van der Waals surface area contributed by atoms with Gasteiger partial charge in [-0.3, -0.25) is 4.79 Å². The third-order valence-electron chi connectivity index (χ3n) is 3.18. The molecule has 2 atom stereocenters. The Hall–Kier alpha value is -0.710. The Morgan fingerprint density at radius 2 is 2.00 bits per heavy atom. The number of carboxylic acid groups (broad SMARTS) is 1. The van der Waals surface area contributed by atoms with Crippen molar-refractivity contribution in [3.63, 3.8) is 0 Å². The standard InChI is InChI=1S/C13H23NO3S/c1-4-5-8-18-10(3)12(15)14(11-6-7-11)9(2)13(16)17/h9-11H,4-8H2,1-3H3,(H,16,17). The Morgan fingerprint density at radius 1 is 1.39 bits per heavy atom. The highest BCUT2D eigenvalue weighted by atomic mass is 32.2. The van der Waals surface area contributed by atoms with Gasteiger partial charge in [0.25, 0.3) is 0 Å². The summed E-state index contributed by atoms with van der Waals surface area (Å²) in [5.74, 6) is 0.0260. The molecule has 18 heavy (non-hydrogen) atoms. The van der Waals surface area contributed by atoms with E-state index in [1.54, 1.807) is 23.6 Å². The van der Waals surface area contributed by atoms with Gasteiger partial charge in [-0.25, -0.2) is 4.79 Å². The molecular weight excluding hydrogens is 250 g/mol. The normalized spacial score (nSPS) is 18.2. The summed E-state index contributed by atoms with van der Waals surface area (Å²) in [4.78, 5) is 24.9. The quantitative estimate of drug-likeness (QED) is 0.690. The molecule has 1 amide bonds. The SMILES string of the molecule is CCCCSC(C)C(=O)N(C1CC1)C(C)C(=O)O. The average molecular weight is 273 g/mol. The van der Waals surface area contributed by atoms with E-state index in [-0.39, 0.29) is 17.2 Å². The van der Waals surface area contributed by atoms with Crippen molar-refractivity contribution in [2.75, 3.05) is 5.75 Å². The highest BCUT2D eigenvalue weighted by molar-refractivity contribution is 8.00. The van der Waals surface area contributed by atoms with E-state index in [2.05, 4.69) is 6.92 Å². The molecule has 0 saturated heterocycles. The molecule has 2 unspecified atom stereocenters. The Balaban J connectivity index is 2.56. The second-order valence-electron chi connectivity index (χ2n) is 4.86. The molecule has 4 nitrogen and oxygen atoms in total. The van der Waals surface area contributed by atoms with Crippen LogP contribution in [0, 0.1) is 0 Å². The molecule has 1 saturated carbocycles. The van der Waals surface area contributed by atoms with Gasteiger partial charge in [0.2, 0.25) is 5.91 Å². The maximum Gasteiger partial charge on any atom is 0.326 e. The van der Waals surface area contributed by atoms with Gasteiger partial charge in [-0.1, -0.05) is 13.3 Å². The molecule has 0 aliphatic heterocycles. The predicted molar refractivity (Wildman–Crippen MR) is 73.8 cm³/mol. The topological polar surface area (TPSA) is 57.6 Å². The van der Waals surface area contributed by atoms with Crippen LogP contribution >= 0.6 is 11.8 Å². The van der Waals surface area contributed by atoms with Crippen molar-refractivity contribution in [3.8, 4) is 0 Å². The molecule has 5 heteroatoms. The van der Waals surface area contributed by atoms with Gasteiger partial charge in [0.15, 0.2) is 0 Å². The first kappa shape index (κ1) is 15.3. The molecule has 1 N–H and O–H groups in total. The summed E-state index contributed by atoms with van der Waals surface area (Å²) in [5, 5.41) is 8.93. The van der Waals surface area contributed by atoms with Crippen molar-refractivity contribution >= 4 is 23.6 Å². The van der Waals surface area contributed by atoms with Crippen molar-refractivity contribution in [2.24, 2.45) is 0 Å². The molecule has 0 radical (unpaired) electrons. The van der Waals surface area contributed by atoms with E-state index in [0.29, 0.717) is 0 Å². The molecule has 1 aliphatic carbocycles. The van der Waals surface area contributed by atoms with Gasteiger partial charge in [-0.05, 0) is 38.9 Å². The summed E-state index contributed by atoms with van der Waals surface area (Å²) >= 11 is 1.63. The number of amides is 1. The minimum atomic E-state index is -0.916. The number of carbonyl (C=O) groups excluding carboxylic acids is 1. The van der Waals surface area contributed by atoms with Crippen molar-refractivity contribution in [1.82, 2.24) is 4.90 Å². The summed E-state index contributed by atoms with van der Waals surface area (Å²) in [7, 11) is 0. The molecule has 0 aromatic rings. The number of carboxylic acids is 1. The highest BCUT2D eigenvalue weighted by Gasteiger charge is 2.39. The average Bonchev–Trinajstić information content (AvgIpc) is 3.13. The number of nitrogens with zero attached hydrogens (tertiary/aromatic N) is 1. The molecule has 0 spiro atoms. The van der Waals surface area contributed by atoms with E-state index in [9.17, 15) is 9.59 Å². The molecule has 1 fully saturated rings. The maximum absolute atomic E-state index is 12.3. The lowest BCUT2D eigenvalue weighted by Crippen LogP contribution is -2.47. The van der Waals surface area contributed by atoms with Crippen molar-refractivity contribution in [1.29, 1.82) is 0 Å². The fraction of sp³-hybridized carbons (Fsp3) is 0.846. The van der Waals surface area contributed by atoms with E-state index < -0.39 is 12.0 Å². The lowest BCUT2D eigenvalue weighted by atomic mass is 10.2. The van der Waals surface area contributed by atoms with Gasteiger partial charge in [0.05, 0.1) is 5.25 Å². The Bertz CT molecular complexity index is 305.